The lowest BCUT2D eigenvalue weighted by Gasteiger charge is -2.36. The number of anilines is 1. The van der Waals surface area contributed by atoms with Crippen LogP contribution in [0.1, 0.15) is 24.5 Å². The van der Waals surface area contributed by atoms with Gasteiger partial charge in [0.2, 0.25) is 0 Å². The molecule has 1 atom stereocenters. The average Bonchev–Trinajstić information content (AvgIpc) is 2.71. The van der Waals surface area contributed by atoms with E-state index in [9.17, 15) is 4.79 Å². The van der Waals surface area contributed by atoms with E-state index in [0.29, 0.717) is 12.6 Å². The maximum Gasteiger partial charge on any atom is 0.319 e. The minimum atomic E-state index is -0.133. The highest BCUT2D eigenvalue weighted by molar-refractivity contribution is 5.90. The molecule has 1 fully saturated rings. The summed E-state index contributed by atoms with van der Waals surface area (Å²) in [6, 6.07) is 18.7. The molecule has 2 amide bonds. The highest BCUT2D eigenvalue weighted by atomic mass is 16.2. The monoisotopic (exact) mass is 380 g/mol. The van der Waals surface area contributed by atoms with E-state index in [1.54, 1.807) is 0 Å². The van der Waals surface area contributed by atoms with Crippen molar-refractivity contribution in [1.29, 1.82) is 0 Å². The van der Waals surface area contributed by atoms with Crippen molar-refractivity contribution in [2.75, 3.05) is 45.1 Å². The molecule has 2 aromatic carbocycles. The second kappa shape index (κ2) is 10.2. The molecule has 5 nitrogen and oxygen atoms in total. The van der Waals surface area contributed by atoms with Gasteiger partial charge in [-0.1, -0.05) is 48.5 Å². The summed E-state index contributed by atoms with van der Waals surface area (Å²) in [6.07, 6.45) is 1.76. The summed E-state index contributed by atoms with van der Waals surface area (Å²) in [4.78, 5) is 17.2. The quantitative estimate of drug-likeness (QED) is 0.774. The standard InChI is InChI=1S/C23H32N4O/c1-19(27-16-14-26(2)15-17-27)12-13-24-23(28)25-22-11-7-6-10-21(22)18-20-8-4-3-5-9-20/h3-11,19H,12-18H2,1-2H3,(H2,24,25,28). The first-order chi connectivity index (χ1) is 13.6. The van der Waals surface area contributed by atoms with E-state index < -0.39 is 0 Å². The van der Waals surface area contributed by atoms with E-state index in [1.807, 2.05) is 36.4 Å². The molecule has 0 radical (unpaired) electrons. The van der Waals surface area contributed by atoms with Crippen molar-refractivity contribution < 1.29 is 4.79 Å². The molecule has 1 heterocycles. The molecular formula is C23H32N4O. The van der Waals surface area contributed by atoms with Gasteiger partial charge in [0, 0.05) is 44.5 Å². The summed E-state index contributed by atoms with van der Waals surface area (Å²) in [5.41, 5.74) is 3.23. The number of hydrogen-bond donors (Lipinski definition) is 2. The van der Waals surface area contributed by atoms with Crippen LogP contribution in [0.15, 0.2) is 54.6 Å². The molecule has 3 rings (SSSR count). The molecular weight excluding hydrogens is 348 g/mol. The number of para-hydroxylation sites is 1. The van der Waals surface area contributed by atoms with Gasteiger partial charge in [0.15, 0.2) is 0 Å². The van der Waals surface area contributed by atoms with Gasteiger partial charge in [-0.05, 0) is 44.0 Å². The second-order valence-electron chi connectivity index (χ2n) is 7.68. The SMILES string of the molecule is CC(CCNC(=O)Nc1ccccc1Cc1ccccc1)N1CCN(C)CC1. The van der Waals surface area contributed by atoms with E-state index in [0.717, 1.165) is 50.3 Å². The Hall–Kier alpha value is -2.37. The number of urea groups is 1. The zero-order chi connectivity index (χ0) is 19.8. The lowest BCUT2D eigenvalue weighted by Crippen LogP contribution is -2.48. The van der Waals surface area contributed by atoms with Crippen molar-refractivity contribution in [2.45, 2.75) is 25.8 Å². The number of rotatable bonds is 7. The van der Waals surface area contributed by atoms with E-state index in [-0.39, 0.29) is 6.03 Å². The number of carbonyl (C=O) groups is 1. The topological polar surface area (TPSA) is 47.6 Å². The lowest BCUT2D eigenvalue weighted by molar-refractivity contribution is 0.115. The normalized spacial score (nSPS) is 16.5. The molecule has 1 aliphatic rings. The van der Waals surface area contributed by atoms with Gasteiger partial charge in [0.1, 0.15) is 0 Å². The van der Waals surface area contributed by atoms with Crippen LogP contribution in [0.2, 0.25) is 0 Å². The molecule has 2 N–H and O–H groups in total. The number of amides is 2. The molecule has 0 aromatic heterocycles. The fourth-order valence-corrected chi connectivity index (χ4v) is 3.62. The van der Waals surface area contributed by atoms with Gasteiger partial charge < -0.3 is 15.5 Å². The molecule has 0 spiro atoms. The third kappa shape index (κ3) is 6.08. The molecule has 0 saturated carbocycles. The first kappa shape index (κ1) is 20.4. The van der Waals surface area contributed by atoms with E-state index in [4.69, 9.17) is 0 Å². The Labute approximate surface area is 168 Å². The van der Waals surface area contributed by atoms with E-state index >= 15 is 0 Å². The maximum atomic E-state index is 12.4. The number of hydrogen-bond acceptors (Lipinski definition) is 3. The van der Waals surface area contributed by atoms with Crippen LogP contribution < -0.4 is 10.6 Å². The van der Waals surface area contributed by atoms with Crippen molar-refractivity contribution in [3.05, 3.63) is 65.7 Å². The van der Waals surface area contributed by atoms with Crippen LogP contribution in [0.3, 0.4) is 0 Å². The van der Waals surface area contributed by atoms with Gasteiger partial charge in [-0.25, -0.2) is 4.79 Å². The van der Waals surface area contributed by atoms with Crippen LogP contribution in [-0.4, -0.2) is 61.6 Å². The summed E-state index contributed by atoms with van der Waals surface area (Å²) in [5.74, 6) is 0. The third-order valence-electron chi connectivity index (χ3n) is 5.51. The van der Waals surface area contributed by atoms with Crippen LogP contribution in [0.25, 0.3) is 0 Å². The van der Waals surface area contributed by atoms with Gasteiger partial charge in [-0.15, -0.1) is 0 Å². The van der Waals surface area contributed by atoms with Crippen molar-refractivity contribution >= 4 is 11.7 Å². The highest BCUT2D eigenvalue weighted by Crippen LogP contribution is 2.19. The van der Waals surface area contributed by atoms with Crippen LogP contribution in [0, 0.1) is 0 Å². The van der Waals surface area contributed by atoms with Gasteiger partial charge >= 0.3 is 6.03 Å². The number of nitrogens with one attached hydrogen (secondary N) is 2. The summed E-state index contributed by atoms with van der Waals surface area (Å²) in [5, 5.41) is 6.03. The number of nitrogens with zero attached hydrogens (tertiary/aromatic N) is 2. The molecule has 150 valence electrons. The third-order valence-corrected chi connectivity index (χ3v) is 5.51. The Kier molecular flexibility index (Phi) is 7.46. The summed E-state index contributed by atoms with van der Waals surface area (Å²) < 4.78 is 0. The Morgan fingerprint density at radius 2 is 1.68 bits per heavy atom. The summed E-state index contributed by atoms with van der Waals surface area (Å²) in [7, 11) is 2.17. The van der Waals surface area contributed by atoms with Crippen molar-refractivity contribution in [1.82, 2.24) is 15.1 Å². The maximum absolute atomic E-state index is 12.4. The zero-order valence-corrected chi connectivity index (χ0v) is 17.0. The fourth-order valence-electron chi connectivity index (χ4n) is 3.62. The predicted octanol–water partition coefficient (Wildman–Crippen LogP) is 3.42. The first-order valence-electron chi connectivity index (χ1n) is 10.2. The van der Waals surface area contributed by atoms with E-state index in [1.165, 1.54) is 5.56 Å². The van der Waals surface area contributed by atoms with Crippen LogP contribution in [0.4, 0.5) is 10.5 Å². The molecule has 0 aliphatic carbocycles. The Balaban J connectivity index is 1.46. The van der Waals surface area contributed by atoms with Crippen LogP contribution in [-0.2, 0) is 6.42 Å². The second-order valence-corrected chi connectivity index (χ2v) is 7.68. The van der Waals surface area contributed by atoms with Gasteiger partial charge in [-0.3, -0.25) is 4.90 Å². The molecule has 1 aliphatic heterocycles. The molecule has 2 aromatic rings. The summed E-state index contributed by atoms with van der Waals surface area (Å²) >= 11 is 0. The molecule has 0 bridgehead atoms. The first-order valence-corrected chi connectivity index (χ1v) is 10.2. The molecule has 5 heteroatoms. The van der Waals surface area contributed by atoms with Crippen molar-refractivity contribution in [3.8, 4) is 0 Å². The Morgan fingerprint density at radius 3 is 2.43 bits per heavy atom. The van der Waals surface area contributed by atoms with Gasteiger partial charge in [0.05, 0.1) is 0 Å². The van der Waals surface area contributed by atoms with Crippen LogP contribution in [0.5, 0.6) is 0 Å². The minimum Gasteiger partial charge on any atom is -0.338 e. The zero-order valence-electron chi connectivity index (χ0n) is 17.0. The highest BCUT2D eigenvalue weighted by Gasteiger charge is 2.18. The number of benzene rings is 2. The molecule has 1 unspecified atom stereocenters. The lowest BCUT2D eigenvalue weighted by atomic mass is 10.0. The number of carbonyl (C=O) groups excluding carboxylic acids is 1. The van der Waals surface area contributed by atoms with E-state index in [2.05, 4.69) is 52.6 Å². The Morgan fingerprint density at radius 1 is 1.00 bits per heavy atom. The smallest absolute Gasteiger partial charge is 0.319 e. The number of likely N-dealkylation sites (N-methyl/N-ethyl adjacent to an activating group) is 1. The predicted molar refractivity (Wildman–Crippen MR) is 116 cm³/mol. The summed E-state index contributed by atoms with van der Waals surface area (Å²) in [6.45, 7) is 7.39. The fraction of sp³-hybridized carbons (Fsp3) is 0.435. The van der Waals surface area contributed by atoms with Crippen molar-refractivity contribution in [3.63, 3.8) is 0 Å². The molecule has 28 heavy (non-hydrogen) atoms. The average molecular weight is 381 g/mol. The Bertz CT molecular complexity index is 741. The minimum absolute atomic E-state index is 0.133. The number of piperazine rings is 1. The van der Waals surface area contributed by atoms with Crippen molar-refractivity contribution in [2.24, 2.45) is 0 Å². The van der Waals surface area contributed by atoms with Gasteiger partial charge in [-0.2, -0.15) is 0 Å². The molecule has 1 saturated heterocycles. The van der Waals surface area contributed by atoms with Gasteiger partial charge in [0.25, 0.3) is 0 Å². The largest absolute Gasteiger partial charge is 0.338 e. The van der Waals surface area contributed by atoms with Crippen LogP contribution >= 0.6 is 0 Å².